The molecule has 22 rings (SSSR count). The highest BCUT2D eigenvalue weighted by atomic mass is 35.5. The van der Waals surface area contributed by atoms with Crippen molar-refractivity contribution in [2.75, 3.05) is 0 Å². The molecule has 0 bridgehead atoms. The second-order valence-corrected chi connectivity index (χ2v) is 27.1. The van der Waals surface area contributed by atoms with Crippen LogP contribution in [0.3, 0.4) is 0 Å². The molecule has 5 heterocycles. The van der Waals surface area contributed by atoms with Crippen LogP contribution >= 0.6 is 11.6 Å². The van der Waals surface area contributed by atoms with Crippen LogP contribution in [0.2, 0.25) is 5.02 Å². The van der Waals surface area contributed by atoms with E-state index in [9.17, 15) is 0 Å². The molecule has 10 heteroatoms. The maximum atomic E-state index is 6.53. The van der Waals surface area contributed by atoms with Crippen LogP contribution in [0, 0.1) is 0 Å². The van der Waals surface area contributed by atoms with E-state index in [0.29, 0.717) is 40.0 Å². The van der Waals surface area contributed by atoms with E-state index in [4.69, 9.17) is 50.3 Å². The highest BCUT2D eigenvalue weighted by molar-refractivity contribution is 6.32. The van der Waals surface area contributed by atoms with Gasteiger partial charge in [-0.25, -0.2) is 29.9 Å². The van der Waals surface area contributed by atoms with Gasteiger partial charge in [-0.05, 0) is 157 Å². The zero-order valence-corrected chi connectivity index (χ0v) is 57.1. The van der Waals surface area contributed by atoms with Gasteiger partial charge in [0.1, 0.15) is 22.3 Å². The van der Waals surface area contributed by atoms with E-state index < -0.39 is 0 Å². The number of hydrogen-bond donors (Lipinski definition) is 0. The van der Waals surface area contributed by atoms with Crippen molar-refractivity contribution in [2.24, 2.45) is 0 Å². The first-order valence-electron chi connectivity index (χ1n) is 35.1. The molecular formula is C95H58ClN7O2. The molecule has 0 amide bonds. The molecule has 1 aliphatic carbocycles. The van der Waals surface area contributed by atoms with Crippen molar-refractivity contribution in [1.82, 2.24) is 34.5 Å². The van der Waals surface area contributed by atoms with Crippen molar-refractivity contribution in [1.29, 1.82) is 0 Å². The summed E-state index contributed by atoms with van der Waals surface area (Å²) in [5.74, 6) is 3.68. The van der Waals surface area contributed by atoms with Crippen LogP contribution in [0.1, 0.15) is 11.1 Å². The van der Waals surface area contributed by atoms with Gasteiger partial charge in [0.2, 0.25) is 0 Å². The maximum absolute atomic E-state index is 6.53. The second kappa shape index (κ2) is 25.4. The van der Waals surface area contributed by atoms with Gasteiger partial charge in [-0.3, -0.25) is 0 Å². The van der Waals surface area contributed by atoms with Crippen LogP contribution in [-0.2, 0) is 6.42 Å². The quantitative estimate of drug-likeness (QED) is 0.155. The molecule has 0 spiro atoms. The van der Waals surface area contributed by atoms with E-state index in [1.54, 1.807) is 0 Å². The molecule has 105 heavy (non-hydrogen) atoms. The average Bonchev–Trinajstić information content (AvgIpc) is 1.58. The van der Waals surface area contributed by atoms with Gasteiger partial charge in [0, 0.05) is 76.4 Å². The van der Waals surface area contributed by atoms with E-state index in [1.807, 2.05) is 170 Å². The Morgan fingerprint density at radius 3 is 0.981 bits per heavy atom. The topological polar surface area (TPSA) is 109 Å². The van der Waals surface area contributed by atoms with Gasteiger partial charge in [0.05, 0.1) is 11.0 Å². The number of halogens is 1. The Morgan fingerprint density at radius 1 is 0.248 bits per heavy atom. The van der Waals surface area contributed by atoms with Crippen LogP contribution in [0.15, 0.2) is 349 Å². The summed E-state index contributed by atoms with van der Waals surface area (Å²) in [6.07, 6.45) is 1.06. The summed E-state index contributed by atoms with van der Waals surface area (Å²) in [5, 5.41) is 17.2. The normalized spacial score (nSPS) is 11.8. The first-order chi connectivity index (χ1) is 51.9. The van der Waals surface area contributed by atoms with Crippen LogP contribution < -0.4 is 0 Å². The minimum Gasteiger partial charge on any atom is -0.456 e. The zero-order chi connectivity index (χ0) is 69.5. The summed E-state index contributed by atoms with van der Waals surface area (Å²) in [7, 11) is 0. The van der Waals surface area contributed by atoms with Crippen molar-refractivity contribution >= 4 is 120 Å². The molecule has 21 aromatic rings. The van der Waals surface area contributed by atoms with Crippen molar-refractivity contribution in [3.05, 3.63) is 356 Å². The molecule has 0 radical (unpaired) electrons. The van der Waals surface area contributed by atoms with Crippen LogP contribution in [0.5, 0.6) is 0 Å². The van der Waals surface area contributed by atoms with Gasteiger partial charge < -0.3 is 13.4 Å². The predicted octanol–water partition coefficient (Wildman–Crippen LogP) is 25.2. The Bertz CT molecular complexity index is 6720. The number of rotatable bonds is 7. The highest BCUT2D eigenvalue weighted by Gasteiger charge is 2.24. The average molecular weight is 1370 g/mol. The smallest absolute Gasteiger partial charge is 0.164 e. The van der Waals surface area contributed by atoms with E-state index in [-0.39, 0.29) is 0 Å². The Kier molecular flexibility index (Phi) is 14.8. The van der Waals surface area contributed by atoms with Crippen molar-refractivity contribution in [2.45, 2.75) is 6.42 Å². The fourth-order valence-electron chi connectivity index (χ4n) is 15.2. The minimum absolute atomic E-state index is 0.589. The molecule has 0 unspecified atom stereocenters. The third kappa shape index (κ3) is 11.1. The van der Waals surface area contributed by atoms with Crippen LogP contribution in [0.4, 0.5) is 0 Å². The second-order valence-electron chi connectivity index (χ2n) is 26.6. The van der Waals surface area contributed by atoms with Gasteiger partial charge >= 0.3 is 0 Å². The van der Waals surface area contributed by atoms with Gasteiger partial charge in [-0.1, -0.05) is 266 Å². The van der Waals surface area contributed by atoms with Crippen molar-refractivity contribution in [3.8, 4) is 85.1 Å². The lowest BCUT2D eigenvalue weighted by Gasteiger charge is -2.10. The molecule has 0 atom stereocenters. The lowest BCUT2D eigenvalue weighted by atomic mass is 9.99. The van der Waals surface area contributed by atoms with Crippen LogP contribution in [-0.4, -0.2) is 34.5 Å². The summed E-state index contributed by atoms with van der Waals surface area (Å²) < 4.78 is 15.0. The van der Waals surface area contributed by atoms with Gasteiger partial charge in [-0.2, -0.15) is 0 Å². The number of aromatic nitrogens is 7. The van der Waals surface area contributed by atoms with Crippen LogP contribution in [0.25, 0.3) is 194 Å². The van der Waals surface area contributed by atoms with Crippen molar-refractivity contribution in [3.63, 3.8) is 0 Å². The van der Waals surface area contributed by atoms with Gasteiger partial charge in [0.15, 0.2) is 34.9 Å². The molecule has 0 saturated heterocycles. The number of furan rings is 2. The monoisotopic (exact) mass is 1360 g/mol. The summed E-state index contributed by atoms with van der Waals surface area (Å²) in [6.45, 7) is 0. The molecule has 0 aliphatic heterocycles. The molecule has 1 aliphatic rings. The molecule has 5 aromatic heterocycles. The fraction of sp³-hybridized carbons (Fsp3) is 0.0105. The zero-order valence-electron chi connectivity index (χ0n) is 56.4. The first kappa shape index (κ1) is 61.2. The Morgan fingerprint density at radius 2 is 0.581 bits per heavy atom. The molecule has 0 saturated carbocycles. The lowest BCUT2D eigenvalue weighted by molar-refractivity contribution is 0.668. The van der Waals surface area contributed by atoms with E-state index in [0.717, 1.165) is 100 Å². The molecule has 9 nitrogen and oxygen atoms in total. The summed E-state index contributed by atoms with van der Waals surface area (Å²) in [6, 6.07) is 117. The van der Waals surface area contributed by atoms with Crippen molar-refractivity contribution < 1.29 is 8.83 Å². The molecule has 492 valence electrons. The third-order valence-corrected chi connectivity index (χ3v) is 20.4. The fourth-order valence-corrected chi connectivity index (χ4v) is 15.4. The SMILES string of the molecule is Clc1ccc2oc3cccc(-c4nc(-c5ccccc5)nc(-c5ccccc5)n4)c3c2c1.c1ccc(-c2nc(-c3ccccc3)nc(-c3cccc4oc5ccc(-n6c7cc8ccccc8cc7c7cc8ccccc8cc76)cc5c34)n2)cc1.c1ccc2cc3c(cc2c1)Cc1cc2ccccc2cc1-3. The van der Waals surface area contributed by atoms with Gasteiger partial charge in [0.25, 0.3) is 0 Å². The largest absolute Gasteiger partial charge is 0.456 e. The number of nitrogens with zero attached hydrogens (tertiary/aromatic N) is 7. The molecule has 0 fully saturated rings. The third-order valence-electron chi connectivity index (χ3n) is 20.2. The first-order valence-corrected chi connectivity index (χ1v) is 35.5. The lowest BCUT2D eigenvalue weighted by Crippen LogP contribution is -2.00. The Balaban J connectivity index is 0.000000117. The number of hydrogen-bond acceptors (Lipinski definition) is 8. The maximum Gasteiger partial charge on any atom is 0.164 e. The predicted molar refractivity (Wildman–Crippen MR) is 431 cm³/mol. The summed E-state index contributed by atoms with van der Waals surface area (Å²) in [5.41, 5.74) is 17.7. The van der Waals surface area contributed by atoms with Gasteiger partial charge in [-0.15, -0.1) is 0 Å². The molecule has 16 aromatic carbocycles. The summed E-state index contributed by atoms with van der Waals surface area (Å²) in [4.78, 5) is 29.6. The molecule has 0 N–H and O–H groups in total. The Labute approximate surface area is 607 Å². The number of fused-ring (bicyclic) bond motifs is 16. The standard InChI is InChI=1S/C47H28N4O.C27H16ClN3O.C21H14/c1-3-12-29(13-4-1)45-48-46(30-14-5-2-6-15-30)50-47(49-45)36-20-11-21-43-44(36)39-28-35(22-23-42(39)52-43)51-40-26-33-18-9-7-16-31(33)24-37(40)38-25-32-17-8-10-19-34(32)27-41(38)51;28-19-14-15-22-21(16-19)24-20(12-7-13-23(24)32-22)27-30-25(17-8-3-1-4-9-17)29-26(31-27)18-10-5-2-6-11-18;1-3-7-16-12-20-18(9-14(16)5-1)11-19-10-15-6-2-4-8-17(15)13-21(19)20/h1-28H;1-16H;1-10,12-13H,11H2. The van der Waals surface area contributed by atoms with E-state index >= 15 is 0 Å². The number of benzene rings is 16. The highest BCUT2D eigenvalue weighted by Crippen LogP contribution is 2.44. The molecular weight excluding hydrogens is 1310 g/mol. The van der Waals surface area contributed by atoms with E-state index in [1.165, 1.54) is 76.1 Å². The summed E-state index contributed by atoms with van der Waals surface area (Å²) >= 11 is 6.30. The minimum atomic E-state index is 0.589. The van der Waals surface area contributed by atoms with E-state index in [2.05, 4.69) is 174 Å². The Hall–Kier alpha value is -13.7.